The molecule has 0 atom stereocenters. The van der Waals surface area contributed by atoms with Crippen LogP contribution in [0.15, 0.2) is 24.3 Å². The molecule has 24 heavy (non-hydrogen) atoms. The lowest BCUT2D eigenvalue weighted by molar-refractivity contribution is -0.154. The number of carbonyl (C=O) groups is 3. The van der Waals surface area contributed by atoms with E-state index in [-0.39, 0.29) is 12.4 Å². The van der Waals surface area contributed by atoms with Gasteiger partial charge in [-0.25, -0.2) is 4.79 Å². The van der Waals surface area contributed by atoms with Gasteiger partial charge in [-0.15, -0.1) is 0 Å². The Hall–Kier alpha value is -2.43. The van der Waals surface area contributed by atoms with E-state index >= 15 is 0 Å². The highest BCUT2D eigenvalue weighted by Gasteiger charge is 2.26. The van der Waals surface area contributed by atoms with E-state index < -0.39 is 17.4 Å². The number of carbonyl (C=O) groups excluding carboxylic acids is 3. The number of ether oxygens (including phenoxy) is 2. The third-order valence-electron chi connectivity index (χ3n) is 3.64. The highest BCUT2D eigenvalue weighted by molar-refractivity contribution is 6.52. The smallest absolute Gasteiger partial charge is 0.379 e. The van der Waals surface area contributed by atoms with Crippen LogP contribution < -0.4 is 0 Å². The maximum absolute atomic E-state index is 12.1. The molecule has 5 heteroatoms. The Balaban J connectivity index is 2.09. The molecule has 0 spiro atoms. The Morgan fingerprint density at radius 1 is 1.17 bits per heavy atom. The molecule has 2 rings (SSSR count). The fraction of sp³-hybridized carbons (Fsp3) is 0.421. The van der Waals surface area contributed by atoms with Gasteiger partial charge in [0.25, 0.3) is 5.78 Å². The number of hydrogen-bond acceptors (Lipinski definition) is 5. The van der Waals surface area contributed by atoms with Gasteiger partial charge < -0.3 is 9.47 Å². The Bertz CT molecular complexity index is 707. The van der Waals surface area contributed by atoms with Gasteiger partial charge in [-0.3, -0.25) is 9.59 Å². The monoisotopic (exact) mass is 330 g/mol. The number of benzene rings is 1. The number of hydrogen-bond donors (Lipinski definition) is 0. The van der Waals surface area contributed by atoms with Gasteiger partial charge in [0.15, 0.2) is 0 Å². The molecule has 1 aliphatic rings. The first-order chi connectivity index (χ1) is 11.2. The second-order valence-corrected chi connectivity index (χ2v) is 6.72. The normalized spacial score (nSPS) is 13.1. The van der Waals surface area contributed by atoms with Crippen molar-refractivity contribution < 1.29 is 23.9 Å². The van der Waals surface area contributed by atoms with Crippen molar-refractivity contribution >= 4 is 23.3 Å². The van der Waals surface area contributed by atoms with E-state index in [1.165, 1.54) is 7.11 Å². The average Bonchev–Trinajstić information content (AvgIpc) is 2.92. The third-order valence-corrected chi connectivity index (χ3v) is 3.64. The molecule has 1 aliphatic carbocycles. The van der Waals surface area contributed by atoms with Gasteiger partial charge in [0, 0.05) is 12.0 Å². The largest absolute Gasteiger partial charge is 0.463 e. The van der Waals surface area contributed by atoms with E-state index in [4.69, 9.17) is 4.74 Å². The Morgan fingerprint density at radius 3 is 2.50 bits per heavy atom. The van der Waals surface area contributed by atoms with E-state index in [2.05, 4.69) is 4.74 Å². The maximum Gasteiger partial charge on any atom is 0.379 e. The summed E-state index contributed by atoms with van der Waals surface area (Å²) in [5.74, 6) is -1.77. The van der Waals surface area contributed by atoms with Gasteiger partial charge in [-0.05, 0) is 50.3 Å². The molecule has 0 N–H and O–H groups in total. The van der Waals surface area contributed by atoms with Crippen molar-refractivity contribution in [2.45, 2.75) is 45.6 Å². The highest BCUT2D eigenvalue weighted by Crippen LogP contribution is 2.29. The lowest BCUT2D eigenvalue weighted by Gasteiger charge is -2.19. The topological polar surface area (TPSA) is 69.7 Å². The molecule has 0 unspecified atom stereocenters. The molecule has 128 valence electrons. The number of rotatable bonds is 5. The molecule has 0 fully saturated rings. The average molecular weight is 330 g/mol. The fourth-order valence-corrected chi connectivity index (χ4v) is 2.59. The minimum Gasteiger partial charge on any atom is -0.463 e. The Labute approximate surface area is 141 Å². The zero-order valence-electron chi connectivity index (χ0n) is 14.5. The molecule has 0 heterocycles. The summed E-state index contributed by atoms with van der Waals surface area (Å²) in [5, 5.41) is 0. The number of methoxy groups -OCH3 is 1. The molecule has 0 saturated carbocycles. The van der Waals surface area contributed by atoms with Crippen LogP contribution in [-0.4, -0.2) is 30.4 Å². The predicted molar refractivity (Wildman–Crippen MR) is 89.3 cm³/mol. The van der Waals surface area contributed by atoms with Crippen molar-refractivity contribution in [1.29, 1.82) is 0 Å². The number of allylic oxidation sites excluding steroid dienone is 1. The SMILES string of the molecule is COC(=O)C(=O)C1=CCc2ccc(CCC(=O)OC(C)(C)C)cc21. The van der Waals surface area contributed by atoms with Gasteiger partial charge in [0.1, 0.15) is 5.60 Å². The van der Waals surface area contributed by atoms with E-state index in [9.17, 15) is 14.4 Å². The first kappa shape index (κ1) is 17.9. The minimum atomic E-state index is -0.867. The van der Waals surface area contributed by atoms with Crippen molar-refractivity contribution in [1.82, 2.24) is 0 Å². The second kappa shape index (κ2) is 6.99. The zero-order valence-corrected chi connectivity index (χ0v) is 14.5. The maximum atomic E-state index is 12.1. The van der Waals surface area contributed by atoms with Gasteiger partial charge in [-0.1, -0.05) is 24.3 Å². The minimum absolute atomic E-state index is 0.260. The molecule has 0 saturated heterocycles. The van der Waals surface area contributed by atoms with Crippen LogP contribution in [0.4, 0.5) is 0 Å². The third kappa shape index (κ3) is 4.31. The lowest BCUT2D eigenvalue weighted by atomic mass is 9.98. The summed E-state index contributed by atoms with van der Waals surface area (Å²) in [7, 11) is 1.19. The van der Waals surface area contributed by atoms with E-state index in [1.54, 1.807) is 6.08 Å². The standard InChI is InChI=1S/C19H22O5/c1-19(2,3)24-16(20)10-6-12-5-7-13-8-9-14(15(13)11-12)17(21)18(22)23-4/h5,7,9,11H,6,8,10H2,1-4H3. The fourth-order valence-electron chi connectivity index (χ4n) is 2.59. The van der Waals surface area contributed by atoms with Crippen LogP contribution in [0, 0.1) is 0 Å². The molecule has 0 radical (unpaired) electrons. The molecule has 1 aromatic rings. The summed E-state index contributed by atoms with van der Waals surface area (Å²) in [6.45, 7) is 5.49. The molecule has 5 nitrogen and oxygen atoms in total. The van der Waals surface area contributed by atoms with Crippen molar-refractivity contribution in [2.75, 3.05) is 7.11 Å². The van der Waals surface area contributed by atoms with Gasteiger partial charge in [0.2, 0.25) is 0 Å². The van der Waals surface area contributed by atoms with Gasteiger partial charge >= 0.3 is 11.9 Å². The Morgan fingerprint density at radius 2 is 1.88 bits per heavy atom. The van der Waals surface area contributed by atoms with Crippen LogP contribution in [0.2, 0.25) is 0 Å². The predicted octanol–water partition coefficient (Wildman–Crippen LogP) is 2.64. The van der Waals surface area contributed by atoms with E-state index in [0.29, 0.717) is 18.4 Å². The number of aryl methyl sites for hydroxylation is 1. The van der Waals surface area contributed by atoms with E-state index in [1.807, 2.05) is 39.0 Å². The first-order valence-electron chi connectivity index (χ1n) is 7.88. The van der Waals surface area contributed by atoms with Crippen molar-refractivity contribution in [3.63, 3.8) is 0 Å². The van der Waals surface area contributed by atoms with Crippen molar-refractivity contribution in [2.24, 2.45) is 0 Å². The van der Waals surface area contributed by atoms with E-state index in [0.717, 1.165) is 16.7 Å². The van der Waals surface area contributed by atoms with Crippen LogP contribution in [0.5, 0.6) is 0 Å². The molecular weight excluding hydrogens is 308 g/mol. The summed E-state index contributed by atoms with van der Waals surface area (Å²) in [6.07, 6.45) is 3.13. The van der Waals surface area contributed by atoms with Crippen LogP contribution >= 0.6 is 0 Å². The summed E-state index contributed by atoms with van der Waals surface area (Å²) in [4.78, 5) is 35.3. The van der Waals surface area contributed by atoms with Crippen LogP contribution in [-0.2, 0) is 36.7 Å². The number of Topliss-reactive ketones (excluding diaryl/α,β-unsaturated/α-hetero) is 1. The summed E-state index contributed by atoms with van der Waals surface area (Å²) in [6, 6.07) is 5.72. The first-order valence-corrected chi connectivity index (χ1v) is 7.88. The second-order valence-electron chi connectivity index (χ2n) is 6.72. The number of fused-ring (bicyclic) bond motifs is 1. The molecule has 0 aromatic heterocycles. The van der Waals surface area contributed by atoms with Crippen LogP contribution in [0.3, 0.4) is 0 Å². The van der Waals surface area contributed by atoms with Crippen molar-refractivity contribution in [3.05, 3.63) is 41.0 Å². The van der Waals surface area contributed by atoms with Crippen molar-refractivity contribution in [3.8, 4) is 0 Å². The number of ketones is 1. The molecule has 0 bridgehead atoms. The van der Waals surface area contributed by atoms with Crippen LogP contribution in [0.25, 0.3) is 5.57 Å². The Kier molecular flexibility index (Phi) is 5.22. The van der Waals surface area contributed by atoms with Crippen LogP contribution in [0.1, 0.15) is 43.9 Å². The quantitative estimate of drug-likeness (QED) is 0.613. The van der Waals surface area contributed by atoms with Gasteiger partial charge in [0.05, 0.1) is 7.11 Å². The number of esters is 2. The van der Waals surface area contributed by atoms with Gasteiger partial charge in [-0.2, -0.15) is 0 Å². The molecule has 1 aromatic carbocycles. The molecular formula is C19H22O5. The molecule has 0 amide bonds. The highest BCUT2D eigenvalue weighted by atomic mass is 16.6. The summed E-state index contributed by atoms with van der Waals surface area (Å²) < 4.78 is 9.80. The summed E-state index contributed by atoms with van der Waals surface area (Å²) in [5.41, 5.74) is 2.52. The lowest BCUT2D eigenvalue weighted by Crippen LogP contribution is -2.24. The summed E-state index contributed by atoms with van der Waals surface area (Å²) >= 11 is 0. The zero-order chi connectivity index (χ0) is 17.9. The molecule has 0 aliphatic heterocycles.